The molecule has 1 aliphatic carbocycles. The van der Waals surface area contributed by atoms with Crippen molar-refractivity contribution >= 4 is 24.2 Å². The first kappa shape index (κ1) is 14.4. The van der Waals surface area contributed by atoms with Crippen molar-refractivity contribution in [1.29, 1.82) is 0 Å². The quantitative estimate of drug-likeness (QED) is 0.669. The van der Waals surface area contributed by atoms with Gasteiger partial charge in [0.1, 0.15) is 7.85 Å². The molecule has 1 heterocycles. The zero-order valence-corrected chi connectivity index (χ0v) is 13.5. The van der Waals surface area contributed by atoms with Gasteiger partial charge in [-0.15, -0.1) is 0 Å². The summed E-state index contributed by atoms with van der Waals surface area (Å²) < 4.78 is 4.15. The zero-order chi connectivity index (χ0) is 15.8. The molecule has 23 heavy (non-hydrogen) atoms. The van der Waals surface area contributed by atoms with Crippen LogP contribution in [0, 0.1) is 0 Å². The van der Waals surface area contributed by atoms with E-state index in [1.54, 1.807) is 0 Å². The average Bonchev–Trinajstić information content (AvgIpc) is 2.88. The van der Waals surface area contributed by atoms with Crippen LogP contribution >= 0.6 is 0 Å². The van der Waals surface area contributed by atoms with Crippen molar-refractivity contribution in [3.8, 4) is 5.69 Å². The van der Waals surface area contributed by atoms with Gasteiger partial charge in [0.15, 0.2) is 0 Å². The Labute approximate surface area is 136 Å². The Hall–Kier alpha value is -2.23. The first-order valence-corrected chi connectivity index (χ1v) is 8.55. The fourth-order valence-corrected chi connectivity index (χ4v) is 3.83. The molecule has 1 aliphatic rings. The first-order chi connectivity index (χ1) is 11.3. The molecule has 2 aromatic carbocycles. The second kappa shape index (κ2) is 5.76. The molecule has 0 bridgehead atoms. The second-order valence-electron chi connectivity index (χ2n) is 6.61. The molecule has 0 radical (unpaired) electrons. The maximum Gasteiger partial charge on any atom is 0.279 e. The van der Waals surface area contributed by atoms with Crippen molar-refractivity contribution in [3.05, 3.63) is 58.9 Å². The van der Waals surface area contributed by atoms with Crippen LogP contribution in [0.15, 0.2) is 53.3 Å². The molecule has 0 amide bonds. The van der Waals surface area contributed by atoms with Crippen LogP contribution in [0.3, 0.4) is 0 Å². The molecule has 0 spiro atoms. The minimum Gasteiger partial charge on any atom is -0.274 e. The van der Waals surface area contributed by atoms with Crippen LogP contribution in [0.4, 0.5) is 0 Å². The van der Waals surface area contributed by atoms with E-state index >= 15 is 0 Å². The summed E-state index contributed by atoms with van der Waals surface area (Å²) in [7, 11) is 2.09. The van der Waals surface area contributed by atoms with Crippen LogP contribution in [-0.4, -0.2) is 17.2 Å². The number of rotatable bonds is 2. The van der Waals surface area contributed by atoms with E-state index < -0.39 is 0 Å². The molecule has 0 atom stereocenters. The summed E-state index contributed by atoms with van der Waals surface area (Å²) in [5, 5.41) is 0.824. The van der Waals surface area contributed by atoms with Crippen LogP contribution in [-0.2, 0) is 0 Å². The molecular weight excluding hydrogens is 283 g/mol. The van der Waals surface area contributed by atoms with Gasteiger partial charge in [-0.25, -0.2) is 4.68 Å². The summed E-state index contributed by atoms with van der Waals surface area (Å²) in [6.07, 6.45) is 6.12. The molecule has 0 unspecified atom stereocenters. The highest BCUT2D eigenvalue weighted by Crippen LogP contribution is 2.31. The molecule has 0 aliphatic heterocycles. The molecule has 0 N–H and O–H groups in total. The predicted octanol–water partition coefficient (Wildman–Crippen LogP) is 2.56. The van der Waals surface area contributed by atoms with E-state index in [1.165, 1.54) is 24.7 Å². The number of aromatic nitrogens is 2. The van der Waals surface area contributed by atoms with E-state index in [1.807, 2.05) is 47.1 Å². The SMILES string of the molecule is Bc1ccc2c(=O)n(-c3ccccc3)n(C3CCCCC3)c2c1. The van der Waals surface area contributed by atoms with Crippen molar-refractivity contribution in [1.82, 2.24) is 9.36 Å². The van der Waals surface area contributed by atoms with Gasteiger partial charge in [-0.2, -0.15) is 0 Å². The third kappa shape index (κ3) is 2.42. The highest BCUT2D eigenvalue weighted by atomic mass is 16.1. The van der Waals surface area contributed by atoms with Gasteiger partial charge in [0.25, 0.3) is 5.56 Å². The van der Waals surface area contributed by atoms with Crippen LogP contribution < -0.4 is 11.0 Å². The van der Waals surface area contributed by atoms with E-state index in [2.05, 4.69) is 18.6 Å². The maximum atomic E-state index is 13.0. The summed E-state index contributed by atoms with van der Waals surface area (Å²) in [6, 6.07) is 16.6. The molecule has 4 heteroatoms. The third-order valence-corrected chi connectivity index (χ3v) is 4.96. The molecule has 1 saturated carbocycles. The summed E-state index contributed by atoms with van der Waals surface area (Å²) in [5.74, 6) is 0. The number of benzene rings is 2. The van der Waals surface area contributed by atoms with Gasteiger partial charge in [0, 0.05) is 0 Å². The van der Waals surface area contributed by atoms with E-state index in [9.17, 15) is 4.79 Å². The van der Waals surface area contributed by atoms with Gasteiger partial charge < -0.3 is 0 Å². The summed E-state index contributed by atoms with van der Waals surface area (Å²) in [4.78, 5) is 13.0. The standard InChI is InChI=1S/C19H21BN2O/c20-14-11-12-17-18(13-14)21(15-7-3-1-4-8-15)22(19(17)23)16-9-5-2-6-10-16/h2,5-6,9-13,15H,1,3-4,7-8,20H2. The first-order valence-electron chi connectivity index (χ1n) is 8.55. The normalized spacial score (nSPS) is 16.0. The topological polar surface area (TPSA) is 26.9 Å². The number of hydrogen-bond acceptors (Lipinski definition) is 1. The summed E-state index contributed by atoms with van der Waals surface area (Å²) in [5.41, 5.74) is 3.33. The van der Waals surface area contributed by atoms with Gasteiger partial charge in [0.2, 0.25) is 0 Å². The van der Waals surface area contributed by atoms with E-state index in [0.717, 1.165) is 29.4 Å². The van der Waals surface area contributed by atoms with Gasteiger partial charge >= 0.3 is 0 Å². The molecule has 4 rings (SSSR count). The Balaban J connectivity index is 2.03. The predicted molar refractivity (Wildman–Crippen MR) is 97.8 cm³/mol. The Morgan fingerprint density at radius 2 is 1.70 bits per heavy atom. The average molecular weight is 304 g/mol. The van der Waals surface area contributed by atoms with E-state index in [-0.39, 0.29) is 5.56 Å². The third-order valence-electron chi connectivity index (χ3n) is 4.96. The number of nitrogens with zero attached hydrogens (tertiary/aromatic N) is 2. The minimum atomic E-state index is 0.0942. The van der Waals surface area contributed by atoms with Crippen molar-refractivity contribution in [2.75, 3.05) is 0 Å². The Morgan fingerprint density at radius 3 is 2.43 bits per heavy atom. The van der Waals surface area contributed by atoms with E-state index in [0.29, 0.717) is 6.04 Å². The lowest BCUT2D eigenvalue weighted by molar-refractivity contribution is 0.319. The molecule has 0 saturated heterocycles. The molecule has 3 nitrogen and oxygen atoms in total. The van der Waals surface area contributed by atoms with Crippen LogP contribution in [0.1, 0.15) is 38.1 Å². The van der Waals surface area contributed by atoms with Crippen molar-refractivity contribution in [2.24, 2.45) is 0 Å². The van der Waals surface area contributed by atoms with Gasteiger partial charge in [-0.3, -0.25) is 9.48 Å². The lowest BCUT2D eigenvalue weighted by Gasteiger charge is -2.26. The monoisotopic (exact) mass is 304 g/mol. The van der Waals surface area contributed by atoms with Crippen LogP contribution in [0.2, 0.25) is 0 Å². The highest BCUT2D eigenvalue weighted by Gasteiger charge is 2.23. The van der Waals surface area contributed by atoms with E-state index in [4.69, 9.17) is 0 Å². The lowest BCUT2D eigenvalue weighted by Crippen LogP contribution is -2.25. The fraction of sp³-hybridized carbons (Fsp3) is 0.316. The fourth-order valence-electron chi connectivity index (χ4n) is 3.83. The second-order valence-corrected chi connectivity index (χ2v) is 6.61. The number of hydrogen-bond donors (Lipinski definition) is 0. The molecule has 116 valence electrons. The zero-order valence-electron chi connectivity index (χ0n) is 13.5. The van der Waals surface area contributed by atoms with Gasteiger partial charge in [-0.1, -0.05) is 49.0 Å². The minimum absolute atomic E-state index is 0.0942. The Kier molecular flexibility index (Phi) is 3.60. The van der Waals surface area contributed by atoms with Crippen molar-refractivity contribution in [3.63, 3.8) is 0 Å². The summed E-state index contributed by atoms with van der Waals surface area (Å²) in [6.45, 7) is 0. The molecule has 1 aromatic heterocycles. The number of fused-ring (bicyclic) bond motifs is 1. The maximum absolute atomic E-state index is 13.0. The number of para-hydroxylation sites is 1. The van der Waals surface area contributed by atoms with Crippen LogP contribution in [0.25, 0.3) is 16.6 Å². The van der Waals surface area contributed by atoms with Gasteiger partial charge in [-0.05, 0) is 37.1 Å². The summed E-state index contributed by atoms with van der Waals surface area (Å²) >= 11 is 0. The molecule has 3 aromatic rings. The Bertz CT molecular complexity index is 889. The molecular formula is C19H21BN2O. The van der Waals surface area contributed by atoms with Crippen LogP contribution in [0.5, 0.6) is 0 Å². The molecule has 1 fully saturated rings. The lowest BCUT2D eigenvalue weighted by atomic mass is 9.94. The highest BCUT2D eigenvalue weighted by molar-refractivity contribution is 6.33. The Morgan fingerprint density at radius 1 is 0.957 bits per heavy atom. The smallest absolute Gasteiger partial charge is 0.274 e. The van der Waals surface area contributed by atoms with Crippen molar-refractivity contribution < 1.29 is 0 Å². The van der Waals surface area contributed by atoms with Crippen molar-refractivity contribution in [2.45, 2.75) is 38.1 Å². The van der Waals surface area contributed by atoms with Gasteiger partial charge in [0.05, 0.1) is 22.6 Å². The largest absolute Gasteiger partial charge is 0.279 e.